The number of amides is 2. The monoisotopic (exact) mass is 502 g/mol. The Morgan fingerprint density at radius 3 is 2.60 bits per heavy atom. The average Bonchev–Trinajstić information content (AvgIpc) is 2.98. The summed E-state index contributed by atoms with van der Waals surface area (Å²) in [5.74, 6) is -0.0363. The van der Waals surface area contributed by atoms with Crippen LogP contribution in [0.4, 0.5) is 5.69 Å². The summed E-state index contributed by atoms with van der Waals surface area (Å²) in [6, 6.07) is 15.6. The summed E-state index contributed by atoms with van der Waals surface area (Å²) in [5, 5.41) is 2.91. The normalized spacial score (nSPS) is 15.1. The molecular formula is C23H23BrN2O2S2. The number of halogens is 1. The molecule has 1 N–H and O–H groups in total. The fraction of sp³-hybridized carbons (Fsp3) is 0.261. The molecule has 2 aromatic carbocycles. The van der Waals surface area contributed by atoms with E-state index in [2.05, 4.69) is 21.2 Å². The molecule has 3 rings (SSSR count). The Hall–Kier alpha value is -1.96. The number of hydrogen-bond donors (Lipinski definition) is 1. The third kappa shape index (κ3) is 6.27. The van der Waals surface area contributed by atoms with Crippen LogP contribution in [-0.2, 0) is 9.59 Å². The molecule has 2 aromatic rings. The van der Waals surface area contributed by atoms with E-state index in [1.165, 1.54) is 17.3 Å². The van der Waals surface area contributed by atoms with E-state index < -0.39 is 0 Å². The third-order valence-electron chi connectivity index (χ3n) is 4.68. The lowest BCUT2D eigenvalue weighted by Crippen LogP contribution is -2.29. The summed E-state index contributed by atoms with van der Waals surface area (Å²) in [5.41, 5.74) is 2.96. The minimum atomic E-state index is -0.0303. The molecule has 156 valence electrons. The fourth-order valence-corrected chi connectivity index (χ4v) is 4.71. The van der Waals surface area contributed by atoms with Gasteiger partial charge in [0.15, 0.2) is 0 Å². The van der Waals surface area contributed by atoms with E-state index in [1.54, 1.807) is 4.90 Å². The van der Waals surface area contributed by atoms with Gasteiger partial charge in [-0.05, 0) is 59.5 Å². The average molecular weight is 503 g/mol. The minimum Gasteiger partial charge on any atom is -0.325 e. The van der Waals surface area contributed by atoms with E-state index in [0.717, 1.165) is 35.0 Å². The van der Waals surface area contributed by atoms with E-state index in [0.29, 0.717) is 22.2 Å². The highest BCUT2D eigenvalue weighted by Gasteiger charge is 2.31. The first-order valence-corrected chi connectivity index (χ1v) is 11.8. The smallest absolute Gasteiger partial charge is 0.266 e. The maximum atomic E-state index is 12.7. The number of thioether (sulfide) groups is 1. The van der Waals surface area contributed by atoms with Gasteiger partial charge in [0.25, 0.3) is 5.91 Å². The van der Waals surface area contributed by atoms with Crippen molar-refractivity contribution in [3.05, 3.63) is 69.0 Å². The van der Waals surface area contributed by atoms with Gasteiger partial charge in [-0.1, -0.05) is 72.4 Å². The van der Waals surface area contributed by atoms with Gasteiger partial charge in [-0.2, -0.15) is 0 Å². The zero-order valence-electron chi connectivity index (χ0n) is 16.7. The Labute approximate surface area is 195 Å². The number of nitrogens with zero attached hydrogens (tertiary/aromatic N) is 1. The van der Waals surface area contributed by atoms with Gasteiger partial charge in [0.05, 0.1) is 10.6 Å². The van der Waals surface area contributed by atoms with Gasteiger partial charge in [0.1, 0.15) is 4.32 Å². The predicted octanol–water partition coefficient (Wildman–Crippen LogP) is 6.16. The quantitative estimate of drug-likeness (QED) is 0.266. The van der Waals surface area contributed by atoms with Gasteiger partial charge in [-0.3, -0.25) is 14.5 Å². The van der Waals surface area contributed by atoms with Crippen molar-refractivity contribution in [2.75, 3.05) is 11.9 Å². The molecule has 0 radical (unpaired) electrons. The van der Waals surface area contributed by atoms with E-state index in [-0.39, 0.29) is 11.8 Å². The van der Waals surface area contributed by atoms with Gasteiger partial charge in [-0.15, -0.1) is 0 Å². The second kappa shape index (κ2) is 10.9. The van der Waals surface area contributed by atoms with Crippen LogP contribution in [0.1, 0.15) is 36.8 Å². The van der Waals surface area contributed by atoms with Crippen molar-refractivity contribution in [3.8, 4) is 0 Å². The lowest BCUT2D eigenvalue weighted by Gasteiger charge is -2.14. The van der Waals surface area contributed by atoms with Crippen molar-refractivity contribution in [2.45, 2.75) is 32.6 Å². The number of nitrogens with one attached hydrogen (secondary N) is 1. The summed E-state index contributed by atoms with van der Waals surface area (Å²) in [6.07, 6.45) is 4.78. The Kier molecular flexibility index (Phi) is 8.24. The number of rotatable bonds is 8. The molecule has 1 aliphatic rings. The molecule has 0 saturated carbocycles. The number of carbonyl (C=O) groups excluding carboxylic acids is 2. The van der Waals surface area contributed by atoms with Crippen LogP contribution in [0.2, 0.25) is 0 Å². The Morgan fingerprint density at radius 1 is 1.13 bits per heavy atom. The Morgan fingerprint density at radius 2 is 1.87 bits per heavy atom. The highest BCUT2D eigenvalue weighted by atomic mass is 79.9. The number of para-hydroxylation sites is 1. The molecule has 7 heteroatoms. The fourth-order valence-electron chi connectivity index (χ4n) is 3.01. The molecule has 1 fully saturated rings. The van der Waals surface area contributed by atoms with Crippen LogP contribution in [0.15, 0.2) is 57.9 Å². The molecule has 0 unspecified atom stereocenters. The Bertz CT molecular complexity index is 973. The second-order valence-corrected chi connectivity index (χ2v) is 9.61. The highest BCUT2D eigenvalue weighted by Crippen LogP contribution is 2.32. The maximum absolute atomic E-state index is 12.7. The maximum Gasteiger partial charge on any atom is 0.266 e. The second-order valence-electron chi connectivity index (χ2n) is 7.08. The third-order valence-corrected chi connectivity index (χ3v) is 6.75. The number of unbranched alkanes of at least 4 members (excludes halogenated alkanes) is 2. The van der Waals surface area contributed by atoms with Gasteiger partial charge in [-0.25, -0.2) is 0 Å². The molecule has 0 atom stereocenters. The van der Waals surface area contributed by atoms with E-state index >= 15 is 0 Å². The molecule has 0 aliphatic carbocycles. The molecule has 4 nitrogen and oxygen atoms in total. The van der Waals surface area contributed by atoms with Crippen molar-refractivity contribution in [3.63, 3.8) is 0 Å². The van der Waals surface area contributed by atoms with E-state index in [4.69, 9.17) is 12.2 Å². The van der Waals surface area contributed by atoms with Crippen molar-refractivity contribution >= 4 is 67.8 Å². The molecule has 2 amide bonds. The van der Waals surface area contributed by atoms with Gasteiger partial charge in [0, 0.05) is 17.4 Å². The molecule has 30 heavy (non-hydrogen) atoms. The number of anilines is 1. The molecule has 1 heterocycles. The van der Waals surface area contributed by atoms with Crippen LogP contribution in [0, 0.1) is 6.92 Å². The molecule has 0 spiro atoms. The first kappa shape index (κ1) is 22.7. The molecule has 1 saturated heterocycles. The zero-order chi connectivity index (χ0) is 21.5. The van der Waals surface area contributed by atoms with Crippen molar-refractivity contribution in [2.24, 2.45) is 0 Å². The highest BCUT2D eigenvalue weighted by molar-refractivity contribution is 9.10. The molecule has 1 aliphatic heterocycles. The summed E-state index contributed by atoms with van der Waals surface area (Å²) >= 11 is 10.2. The summed E-state index contributed by atoms with van der Waals surface area (Å²) in [7, 11) is 0. The van der Waals surface area contributed by atoms with Crippen LogP contribution < -0.4 is 5.32 Å². The molecule has 0 aromatic heterocycles. The van der Waals surface area contributed by atoms with Gasteiger partial charge < -0.3 is 5.32 Å². The first-order valence-electron chi connectivity index (χ1n) is 9.80. The minimum absolute atomic E-state index is 0.00598. The molecular weight excluding hydrogens is 480 g/mol. The zero-order valence-corrected chi connectivity index (χ0v) is 19.9. The largest absolute Gasteiger partial charge is 0.325 e. The van der Waals surface area contributed by atoms with E-state index in [9.17, 15) is 9.59 Å². The van der Waals surface area contributed by atoms with Crippen molar-refractivity contribution < 1.29 is 9.59 Å². The van der Waals surface area contributed by atoms with Gasteiger partial charge in [0.2, 0.25) is 5.91 Å². The standard InChI is InChI=1S/C23H23BrN2O2S2/c1-16-10-12-17(13-11-16)15-20-22(28)26(23(29)30-20)14-6-2-3-9-21(27)25-19-8-5-4-7-18(19)24/h4-5,7-8,10-13,15H,2-3,6,9,14H2,1H3,(H,25,27)/b20-15-. The summed E-state index contributed by atoms with van der Waals surface area (Å²) < 4.78 is 1.47. The van der Waals surface area contributed by atoms with Crippen LogP contribution >= 0.6 is 39.9 Å². The SMILES string of the molecule is Cc1ccc(/C=C2\SC(=S)N(CCCCCC(=O)Nc3ccccc3Br)C2=O)cc1. The van der Waals surface area contributed by atoms with Crippen LogP contribution in [0.25, 0.3) is 6.08 Å². The van der Waals surface area contributed by atoms with E-state index in [1.807, 2.05) is 61.5 Å². The van der Waals surface area contributed by atoms with Crippen LogP contribution in [0.3, 0.4) is 0 Å². The number of hydrogen-bond acceptors (Lipinski definition) is 4. The van der Waals surface area contributed by atoms with Crippen LogP contribution in [0.5, 0.6) is 0 Å². The number of carbonyl (C=O) groups is 2. The predicted molar refractivity (Wildman–Crippen MR) is 132 cm³/mol. The lowest BCUT2D eigenvalue weighted by molar-refractivity contribution is -0.122. The topological polar surface area (TPSA) is 49.4 Å². The molecule has 0 bridgehead atoms. The summed E-state index contributed by atoms with van der Waals surface area (Å²) in [4.78, 5) is 27.1. The first-order chi connectivity index (χ1) is 14.4. The number of benzene rings is 2. The van der Waals surface area contributed by atoms with Crippen molar-refractivity contribution in [1.29, 1.82) is 0 Å². The lowest BCUT2D eigenvalue weighted by atomic mass is 10.1. The van der Waals surface area contributed by atoms with Crippen molar-refractivity contribution in [1.82, 2.24) is 4.90 Å². The summed E-state index contributed by atoms with van der Waals surface area (Å²) in [6.45, 7) is 2.62. The van der Waals surface area contributed by atoms with Crippen LogP contribution in [-0.4, -0.2) is 27.6 Å². The van der Waals surface area contributed by atoms with Gasteiger partial charge >= 0.3 is 0 Å². The number of thiocarbonyl (C=S) groups is 1. The number of aryl methyl sites for hydroxylation is 1. The Balaban J connectivity index is 1.42.